The van der Waals surface area contributed by atoms with Gasteiger partial charge in [0.1, 0.15) is 12.7 Å². The minimum Gasteiger partial charge on any atom is -0.393 e. The van der Waals surface area contributed by atoms with E-state index >= 15 is 0 Å². The van der Waals surface area contributed by atoms with Crippen LogP contribution in [-0.2, 0) is 4.84 Å². The SMILES string of the molecule is C/C(=N\OCC(O)CNC(C)(C)C)c1ccc(Cl)s1. The molecule has 0 fully saturated rings. The van der Waals surface area contributed by atoms with Crippen LogP contribution in [0.1, 0.15) is 32.6 Å². The average Bonchev–Trinajstić information content (AvgIpc) is 2.72. The zero-order valence-corrected chi connectivity index (χ0v) is 13.3. The molecule has 0 radical (unpaired) electrons. The van der Waals surface area contributed by atoms with Crippen LogP contribution in [0.5, 0.6) is 0 Å². The van der Waals surface area contributed by atoms with Crippen LogP contribution in [0.4, 0.5) is 0 Å². The fourth-order valence-corrected chi connectivity index (χ4v) is 2.24. The third-order valence-corrected chi connectivity index (χ3v) is 3.61. The second kappa shape index (κ2) is 7.24. The molecule has 1 aromatic rings. The van der Waals surface area contributed by atoms with Crippen LogP contribution in [0.2, 0.25) is 4.34 Å². The third kappa shape index (κ3) is 6.92. The summed E-state index contributed by atoms with van der Waals surface area (Å²) in [5.74, 6) is 0. The van der Waals surface area contributed by atoms with Crippen LogP contribution in [0.3, 0.4) is 0 Å². The van der Waals surface area contributed by atoms with Crippen molar-refractivity contribution in [3.63, 3.8) is 0 Å². The monoisotopic (exact) mass is 304 g/mol. The number of oxime groups is 1. The highest BCUT2D eigenvalue weighted by molar-refractivity contribution is 7.18. The Hall–Kier alpha value is -0.620. The molecule has 0 spiro atoms. The fourth-order valence-electron chi connectivity index (χ4n) is 1.26. The van der Waals surface area contributed by atoms with Crippen LogP contribution < -0.4 is 5.32 Å². The van der Waals surface area contributed by atoms with E-state index in [1.165, 1.54) is 11.3 Å². The first-order chi connectivity index (χ1) is 8.78. The minimum absolute atomic E-state index is 0.0200. The molecule has 0 aliphatic heterocycles. The van der Waals surface area contributed by atoms with E-state index in [1.807, 2.05) is 39.8 Å². The van der Waals surface area contributed by atoms with Crippen molar-refractivity contribution in [1.29, 1.82) is 0 Å². The van der Waals surface area contributed by atoms with E-state index in [0.29, 0.717) is 6.54 Å². The quantitative estimate of drug-likeness (QED) is 0.627. The van der Waals surface area contributed by atoms with Crippen molar-refractivity contribution in [2.45, 2.75) is 39.3 Å². The first-order valence-corrected chi connectivity index (χ1v) is 7.33. The zero-order valence-electron chi connectivity index (χ0n) is 11.7. The van der Waals surface area contributed by atoms with Gasteiger partial charge >= 0.3 is 0 Å². The predicted octanol–water partition coefficient (Wildman–Crippen LogP) is 2.89. The van der Waals surface area contributed by atoms with E-state index in [2.05, 4.69) is 10.5 Å². The van der Waals surface area contributed by atoms with Gasteiger partial charge in [-0.05, 0) is 39.8 Å². The number of aliphatic hydroxyl groups is 1. The van der Waals surface area contributed by atoms with Crippen molar-refractivity contribution in [1.82, 2.24) is 5.32 Å². The maximum atomic E-state index is 9.72. The summed E-state index contributed by atoms with van der Waals surface area (Å²) in [5.41, 5.74) is 0.737. The van der Waals surface area contributed by atoms with Crippen molar-refractivity contribution in [2.24, 2.45) is 5.16 Å². The molecule has 0 saturated carbocycles. The van der Waals surface area contributed by atoms with Crippen LogP contribution in [-0.4, -0.2) is 35.6 Å². The van der Waals surface area contributed by atoms with E-state index in [1.54, 1.807) is 0 Å². The summed E-state index contributed by atoms with van der Waals surface area (Å²) in [6, 6.07) is 3.72. The van der Waals surface area contributed by atoms with E-state index < -0.39 is 6.10 Å². The summed E-state index contributed by atoms with van der Waals surface area (Å²) < 4.78 is 0.721. The van der Waals surface area contributed by atoms with E-state index in [0.717, 1.165) is 14.9 Å². The molecule has 1 heterocycles. The largest absolute Gasteiger partial charge is 0.393 e. The number of nitrogens with one attached hydrogen (secondary N) is 1. The number of halogens is 1. The molecule has 1 unspecified atom stereocenters. The number of hydrogen-bond acceptors (Lipinski definition) is 5. The maximum Gasteiger partial charge on any atom is 0.144 e. The summed E-state index contributed by atoms with van der Waals surface area (Å²) in [6.07, 6.45) is -0.581. The lowest BCUT2D eigenvalue weighted by molar-refractivity contribution is 0.0373. The van der Waals surface area contributed by atoms with Crippen LogP contribution in [0.25, 0.3) is 0 Å². The van der Waals surface area contributed by atoms with Gasteiger partial charge in [-0.1, -0.05) is 16.8 Å². The molecule has 4 nitrogen and oxygen atoms in total. The lowest BCUT2D eigenvalue weighted by Crippen LogP contribution is -2.42. The van der Waals surface area contributed by atoms with Crippen molar-refractivity contribution < 1.29 is 9.94 Å². The Bertz CT molecular complexity index is 427. The molecule has 6 heteroatoms. The Labute approximate surface area is 123 Å². The molecule has 0 aliphatic carbocycles. The van der Waals surface area contributed by atoms with Gasteiger partial charge < -0.3 is 15.3 Å². The lowest BCUT2D eigenvalue weighted by atomic mass is 10.1. The molecular formula is C13H21ClN2O2S. The summed E-state index contributed by atoms with van der Waals surface area (Å²) >= 11 is 7.30. The molecule has 2 N–H and O–H groups in total. The molecule has 108 valence electrons. The first-order valence-electron chi connectivity index (χ1n) is 6.13. The van der Waals surface area contributed by atoms with Gasteiger partial charge in [0.2, 0.25) is 0 Å². The van der Waals surface area contributed by atoms with Gasteiger partial charge in [-0.25, -0.2) is 0 Å². The van der Waals surface area contributed by atoms with Gasteiger partial charge in [-0.3, -0.25) is 0 Å². The number of hydrogen-bond donors (Lipinski definition) is 2. The van der Waals surface area contributed by atoms with E-state index in [-0.39, 0.29) is 12.1 Å². The maximum absolute atomic E-state index is 9.72. The van der Waals surface area contributed by atoms with Gasteiger partial charge in [0.15, 0.2) is 0 Å². The summed E-state index contributed by atoms with van der Waals surface area (Å²) in [4.78, 5) is 6.11. The molecule has 19 heavy (non-hydrogen) atoms. The summed E-state index contributed by atoms with van der Waals surface area (Å²) in [6.45, 7) is 8.63. The number of rotatable bonds is 6. The van der Waals surface area contributed by atoms with Crippen molar-refractivity contribution in [2.75, 3.05) is 13.2 Å². The molecule has 0 amide bonds. The number of aliphatic hydroxyl groups excluding tert-OH is 1. The van der Waals surface area contributed by atoms with Crippen molar-refractivity contribution in [3.05, 3.63) is 21.3 Å². The topological polar surface area (TPSA) is 53.9 Å². The predicted molar refractivity (Wildman–Crippen MR) is 81.3 cm³/mol. The lowest BCUT2D eigenvalue weighted by Gasteiger charge is -2.22. The average molecular weight is 305 g/mol. The third-order valence-electron chi connectivity index (χ3n) is 2.27. The molecule has 1 atom stereocenters. The second-order valence-corrected chi connectivity index (χ2v) is 7.08. The van der Waals surface area contributed by atoms with Crippen LogP contribution >= 0.6 is 22.9 Å². The molecular weight excluding hydrogens is 284 g/mol. The Morgan fingerprint density at radius 1 is 1.53 bits per heavy atom. The highest BCUT2D eigenvalue weighted by Gasteiger charge is 2.12. The highest BCUT2D eigenvalue weighted by atomic mass is 35.5. The van der Waals surface area contributed by atoms with E-state index in [9.17, 15) is 5.11 Å². The Kier molecular flexibility index (Phi) is 6.26. The summed E-state index contributed by atoms with van der Waals surface area (Å²) in [7, 11) is 0. The molecule has 0 aromatic carbocycles. The molecule has 0 bridgehead atoms. The van der Waals surface area contributed by atoms with Gasteiger partial charge in [-0.15, -0.1) is 11.3 Å². The fraction of sp³-hybridized carbons (Fsp3) is 0.615. The van der Waals surface area contributed by atoms with Gasteiger partial charge in [-0.2, -0.15) is 0 Å². The van der Waals surface area contributed by atoms with Crippen molar-refractivity contribution >= 4 is 28.6 Å². The Balaban J connectivity index is 2.33. The smallest absolute Gasteiger partial charge is 0.144 e. The standard InChI is InChI=1S/C13H21ClN2O2S/c1-9(11-5-6-12(14)19-11)16-18-8-10(17)7-15-13(2,3)4/h5-6,10,15,17H,7-8H2,1-4H3/b16-9+. The van der Waals surface area contributed by atoms with Gasteiger partial charge in [0.05, 0.1) is 14.9 Å². The van der Waals surface area contributed by atoms with Crippen LogP contribution in [0.15, 0.2) is 17.3 Å². The highest BCUT2D eigenvalue weighted by Crippen LogP contribution is 2.21. The molecule has 0 saturated heterocycles. The number of thiophene rings is 1. The number of nitrogens with zero attached hydrogens (tertiary/aromatic N) is 1. The van der Waals surface area contributed by atoms with Gasteiger partial charge in [0.25, 0.3) is 0 Å². The van der Waals surface area contributed by atoms with Gasteiger partial charge in [0, 0.05) is 12.1 Å². The molecule has 1 aromatic heterocycles. The number of β-amino-alcohol motifs (C(OH)–C–C–N with tert-alkyl or cyclic N) is 1. The second-order valence-electron chi connectivity index (χ2n) is 5.36. The minimum atomic E-state index is -0.581. The van der Waals surface area contributed by atoms with Crippen LogP contribution in [0, 0.1) is 0 Å². The molecule has 0 aliphatic rings. The Morgan fingerprint density at radius 2 is 2.21 bits per heavy atom. The summed E-state index contributed by atoms with van der Waals surface area (Å²) in [5, 5.41) is 16.9. The normalized spacial score (nSPS) is 14.5. The first kappa shape index (κ1) is 16.4. The van der Waals surface area contributed by atoms with Crippen molar-refractivity contribution in [3.8, 4) is 0 Å². The zero-order chi connectivity index (χ0) is 14.5. The Morgan fingerprint density at radius 3 is 2.74 bits per heavy atom. The van der Waals surface area contributed by atoms with E-state index in [4.69, 9.17) is 16.4 Å². The molecule has 1 rings (SSSR count).